The van der Waals surface area contributed by atoms with Crippen molar-refractivity contribution >= 4 is 12.6 Å². The molecule has 2 atom stereocenters. The van der Waals surface area contributed by atoms with E-state index in [1.165, 1.54) is 32.1 Å². The van der Waals surface area contributed by atoms with Crippen LogP contribution in [0.2, 0.25) is 0 Å². The molecule has 0 radical (unpaired) electrons. The summed E-state index contributed by atoms with van der Waals surface area (Å²) in [5.74, 6) is 0.919. The topological polar surface area (TPSA) is 0 Å². The molecule has 0 N–H and O–H groups in total. The molecular weight excluding hydrogens is 152 g/mol. The van der Waals surface area contributed by atoms with Gasteiger partial charge in [-0.3, -0.25) is 0 Å². The lowest BCUT2D eigenvalue weighted by molar-refractivity contribution is 0.422. The molecule has 1 heteroatoms. The highest BCUT2D eigenvalue weighted by molar-refractivity contribution is 7.80. The first-order valence-corrected chi connectivity index (χ1v) is 5.40. The molecule has 11 heavy (non-hydrogen) atoms. The first kappa shape index (κ1) is 11.4. The Morgan fingerprint density at radius 3 is 2.27 bits per heavy atom. The van der Waals surface area contributed by atoms with Crippen molar-refractivity contribution in [2.24, 2.45) is 5.92 Å². The molecule has 0 aromatic heterocycles. The smallest absolute Gasteiger partial charge is 0.000896 e. The van der Waals surface area contributed by atoms with E-state index in [0.717, 1.165) is 5.92 Å². The molecular formula is C10H22S. The van der Waals surface area contributed by atoms with Crippen molar-refractivity contribution < 1.29 is 0 Å². The van der Waals surface area contributed by atoms with Crippen LogP contribution in [-0.2, 0) is 0 Å². The van der Waals surface area contributed by atoms with Gasteiger partial charge in [0.05, 0.1) is 0 Å². The van der Waals surface area contributed by atoms with E-state index in [9.17, 15) is 0 Å². The molecule has 68 valence electrons. The van der Waals surface area contributed by atoms with Gasteiger partial charge in [-0.05, 0) is 17.6 Å². The predicted molar refractivity (Wildman–Crippen MR) is 56.4 cm³/mol. The van der Waals surface area contributed by atoms with Crippen molar-refractivity contribution in [3.05, 3.63) is 0 Å². The van der Waals surface area contributed by atoms with Crippen molar-refractivity contribution in [3.63, 3.8) is 0 Å². The summed E-state index contributed by atoms with van der Waals surface area (Å²) >= 11 is 4.41. The molecule has 0 bridgehead atoms. The summed E-state index contributed by atoms with van der Waals surface area (Å²) in [6.07, 6.45) is 6.73. The average molecular weight is 174 g/mol. The minimum atomic E-state index is 0.580. The van der Waals surface area contributed by atoms with E-state index in [4.69, 9.17) is 0 Å². The van der Waals surface area contributed by atoms with E-state index in [2.05, 4.69) is 33.4 Å². The summed E-state index contributed by atoms with van der Waals surface area (Å²) in [5, 5.41) is 0.580. The van der Waals surface area contributed by atoms with E-state index in [-0.39, 0.29) is 0 Å². The molecule has 0 fully saturated rings. The standard InChI is InChI=1S/C10H22S/c1-4-6-7-10(5-2)8-9(3)11/h9-11H,4-8H2,1-3H3. The number of rotatable bonds is 6. The normalized spacial score (nSPS) is 16.4. The molecule has 0 aliphatic heterocycles. The van der Waals surface area contributed by atoms with Crippen molar-refractivity contribution in [1.29, 1.82) is 0 Å². The zero-order chi connectivity index (χ0) is 8.69. The largest absolute Gasteiger partial charge is 0.176 e. The van der Waals surface area contributed by atoms with E-state index >= 15 is 0 Å². The van der Waals surface area contributed by atoms with Gasteiger partial charge in [0.25, 0.3) is 0 Å². The molecule has 0 saturated carbocycles. The molecule has 0 nitrogen and oxygen atoms in total. The minimum Gasteiger partial charge on any atom is -0.176 e. The quantitative estimate of drug-likeness (QED) is 0.580. The monoisotopic (exact) mass is 174 g/mol. The van der Waals surface area contributed by atoms with Gasteiger partial charge in [0.1, 0.15) is 0 Å². The molecule has 2 unspecified atom stereocenters. The number of hydrogen-bond donors (Lipinski definition) is 1. The molecule has 0 aromatic rings. The third-order valence-electron chi connectivity index (χ3n) is 2.22. The van der Waals surface area contributed by atoms with Crippen LogP contribution >= 0.6 is 12.6 Å². The van der Waals surface area contributed by atoms with E-state index in [1.807, 2.05) is 0 Å². The Hall–Kier alpha value is 0.350. The van der Waals surface area contributed by atoms with E-state index < -0.39 is 0 Å². The lowest BCUT2D eigenvalue weighted by Crippen LogP contribution is -2.04. The zero-order valence-corrected chi connectivity index (χ0v) is 9.03. The summed E-state index contributed by atoms with van der Waals surface area (Å²) < 4.78 is 0. The van der Waals surface area contributed by atoms with E-state index in [1.54, 1.807) is 0 Å². The maximum atomic E-state index is 4.41. The molecule has 0 saturated heterocycles. The van der Waals surface area contributed by atoms with E-state index in [0.29, 0.717) is 5.25 Å². The maximum Gasteiger partial charge on any atom is -0.000896 e. The van der Waals surface area contributed by atoms with Crippen LogP contribution < -0.4 is 0 Å². The van der Waals surface area contributed by atoms with Crippen LogP contribution in [0.5, 0.6) is 0 Å². The molecule has 0 spiro atoms. The van der Waals surface area contributed by atoms with Crippen LogP contribution in [0.4, 0.5) is 0 Å². The highest BCUT2D eigenvalue weighted by atomic mass is 32.1. The summed E-state index contributed by atoms with van der Waals surface area (Å²) in [4.78, 5) is 0. The fourth-order valence-electron chi connectivity index (χ4n) is 1.46. The van der Waals surface area contributed by atoms with Gasteiger partial charge < -0.3 is 0 Å². The van der Waals surface area contributed by atoms with Crippen molar-refractivity contribution in [1.82, 2.24) is 0 Å². The fourth-order valence-corrected chi connectivity index (χ4v) is 1.76. The van der Waals surface area contributed by atoms with Gasteiger partial charge in [-0.25, -0.2) is 0 Å². The maximum absolute atomic E-state index is 4.41. The highest BCUT2D eigenvalue weighted by Crippen LogP contribution is 2.20. The Morgan fingerprint density at radius 1 is 1.27 bits per heavy atom. The Bertz CT molecular complexity index is 78.9. The molecule has 0 amide bonds. The van der Waals surface area contributed by atoms with Crippen LogP contribution in [-0.4, -0.2) is 5.25 Å². The molecule has 0 aliphatic rings. The van der Waals surface area contributed by atoms with Crippen molar-refractivity contribution in [2.45, 2.75) is 58.1 Å². The fraction of sp³-hybridized carbons (Fsp3) is 1.00. The summed E-state index contributed by atoms with van der Waals surface area (Å²) in [6, 6.07) is 0. The van der Waals surface area contributed by atoms with Crippen LogP contribution in [0.3, 0.4) is 0 Å². The van der Waals surface area contributed by atoms with Gasteiger partial charge in [-0.2, -0.15) is 12.6 Å². The predicted octanol–water partition coefficient (Wildman–Crippen LogP) is 3.91. The van der Waals surface area contributed by atoms with Crippen molar-refractivity contribution in [2.75, 3.05) is 0 Å². The molecule has 0 aliphatic carbocycles. The van der Waals surface area contributed by atoms with Crippen LogP contribution in [0.25, 0.3) is 0 Å². The number of thiol groups is 1. The molecule has 0 aromatic carbocycles. The first-order valence-electron chi connectivity index (χ1n) is 4.88. The Labute approximate surface area is 77.2 Å². The van der Waals surface area contributed by atoms with Gasteiger partial charge in [0.2, 0.25) is 0 Å². The Balaban J connectivity index is 3.41. The third-order valence-corrected chi connectivity index (χ3v) is 2.43. The SMILES string of the molecule is CCCCC(CC)CC(C)S. The van der Waals surface area contributed by atoms with Gasteiger partial charge in [0, 0.05) is 0 Å². The second kappa shape index (κ2) is 7.02. The third kappa shape index (κ3) is 6.74. The minimum absolute atomic E-state index is 0.580. The number of hydrogen-bond acceptors (Lipinski definition) is 1. The molecule has 0 rings (SSSR count). The first-order chi connectivity index (χ1) is 5.20. The summed E-state index contributed by atoms with van der Waals surface area (Å²) in [5.41, 5.74) is 0. The van der Waals surface area contributed by atoms with Gasteiger partial charge in [-0.15, -0.1) is 0 Å². The van der Waals surface area contributed by atoms with Crippen LogP contribution in [0, 0.1) is 5.92 Å². The average Bonchev–Trinajstić information content (AvgIpc) is 1.97. The van der Waals surface area contributed by atoms with Gasteiger partial charge in [-0.1, -0.05) is 46.5 Å². The summed E-state index contributed by atoms with van der Waals surface area (Å²) in [6.45, 7) is 6.74. The van der Waals surface area contributed by atoms with Crippen LogP contribution in [0.1, 0.15) is 52.9 Å². The molecule has 0 heterocycles. The van der Waals surface area contributed by atoms with Gasteiger partial charge >= 0.3 is 0 Å². The lowest BCUT2D eigenvalue weighted by atomic mass is 9.95. The van der Waals surface area contributed by atoms with Crippen LogP contribution in [0.15, 0.2) is 0 Å². The Kier molecular flexibility index (Phi) is 7.25. The Morgan fingerprint density at radius 2 is 1.91 bits per heavy atom. The van der Waals surface area contributed by atoms with Gasteiger partial charge in [0.15, 0.2) is 0 Å². The lowest BCUT2D eigenvalue weighted by Gasteiger charge is -2.15. The zero-order valence-electron chi connectivity index (χ0n) is 8.14. The van der Waals surface area contributed by atoms with Crippen molar-refractivity contribution in [3.8, 4) is 0 Å². The highest BCUT2D eigenvalue weighted by Gasteiger charge is 2.07. The number of unbranched alkanes of at least 4 members (excludes halogenated alkanes) is 1. The second-order valence-corrected chi connectivity index (χ2v) is 4.38. The second-order valence-electron chi connectivity index (χ2n) is 3.50. The summed E-state index contributed by atoms with van der Waals surface area (Å²) in [7, 11) is 0.